The molecule has 1 aromatic rings. The Kier molecular flexibility index (Phi) is 7.23. The molecule has 0 aliphatic heterocycles. The highest BCUT2D eigenvalue weighted by Gasteiger charge is 2.14. The number of nitrogens with one attached hydrogen (secondary N) is 1. The first-order valence-corrected chi connectivity index (χ1v) is 8.49. The van der Waals surface area contributed by atoms with E-state index in [0.717, 1.165) is 41.7 Å². The topological polar surface area (TPSA) is 53.1 Å². The zero-order valence-electron chi connectivity index (χ0n) is 13.6. The summed E-state index contributed by atoms with van der Waals surface area (Å²) in [6.45, 7) is 11.0. The zero-order valence-corrected chi connectivity index (χ0v) is 15.2. The molecule has 21 heavy (non-hydrogen) atoms. The predicted molar refractivity (Wildman–Crippen MR) is 96.3 cm³/mol. The summed E-state index contributed by atoms with van der Waals surface area (Å²) < 4.78 is 0.962. The molecule has 0 fully saturated rings. The fraction of sp³-hybridized carbons (Fsp3) is 0.588. The first-order chi connectivity index (χ1) is 9.81. The number of anilines is 1. The Morgan fingerprint density at radius 1 is 1.14 bits per heavy atom. The van der Waals surface area contributed by atoms with Gasteiger partial charge in [-0.2, -0.15) is 0 Å². The molecule has 4 heteroatoms. The van der Waals surface area contributed by atoms with Crippen LogP contribution in [0.5, 0.6) is 0 Å². The van der Waals surface area contributed by atoms with Crippen molar-refractivity contribution in [3.63, 3.8) is 0 Å². The van der Waals surface area contributed by atoms with Gasteiger partial charge in [-0.3, -0.25) is 5.41 Å². The quantitative estimate of drug-likeness (QED) is 0.528. The number of nitrogens with zero attached hydrogens (tertiary/aromatic N) is 1. The number of benzene rings is 1. The molecule has 1 aromatic carbocycles. The number of hydrogen-bond acceptors (Lipinski definition) is 2. The van der Waals surface area contributed by atoms with Crippen LogP contribution in [0.1, 0.15) is 46.1 Å². The minimum Gasteiger partial charge on any atom is -0.384 e. The van der Waals surface area contributed by atoms with Crippen LogP contribution in [0.4, 0.5) is 5.69 Å². The molecule has 3 N–H and O–H groups in total. The van der Waals surface area contributed by atoms with Gasteiger partial charge in [0.25, 0.3) is 0 Å². The fourth-order valence-corrected chi connectivity index (χ4v) is 2.54. The monoisotopic (exact) mass is 353 g/mol. The summed E-state index contributed by atoms with van der Waals surface area (Å²) in [5.41, 5.74) is 7.66. The Morgan fingerprint density at radius 3 is 2.10 bits per heavy atom. The third kappa shape index (κ3) is 6.08. The summed E-state index contributed by atoms with van der Waals surface area (Å²) in [7, 11) is 0. The number of hydrogen-bond donors (Lipinski definition) is 2. The van der Waals surface area contributed by atoms with Crippen molar-refractivity contribution in [3.05, 3.63) is 28.2 Å². The average Bonchev–Trinajstić information content (AvgIpc) is 2.38. The van der Waals surface area contributed by atoms with Crippen molar-refractivity contribution in [1.29, 1.82) is 5.41 Å². The Bertz CT molecular complexity index is 457. The molecule has 1 rings (SSSR count). The van der Waals surface area contributed by atoms with Gasteiger partial charge in [-0.1, -0.05) is 43.6 Å². The standard InChI is InChI=1S/C17H28BrN3/c1-12(2)7-9-21(10-8-13(3)4)16-6-5-14(18)11-15(16)17(19)20/h5-6,11-13H,7-10H2,1-4H3,(H3,19,20). The molecule has 3 nitrogen and oxygen atoms in total. The summed E-state index contributed by atoms with van der Waals surface area (Å²) in [5.74, 6) is 1.47. The van der Waals surface area contributed by atoms with E-state index in [1.807, 2.05) is 12.1 Å². The van der Waals surface area contributed by atoms with Crippen LogP contribution in [0.2, 0.25) is 0 Å². The van der Waals surface area contributed by atoms with Crippen LogP contribution in [0, 0.1) is 17.2 Å². The molecule has 0 unspecified atom stereocenters. The summed E-state index contributed by atoms with van der Waals surface area (Å²) in [5, 5.41) is 7.83. The number of amidine groups is 1. The van der Waals surface area contributed by atoms with E-state index in [4.69, 9.17) is 11.1 Å². The molecule has 0 aromatic heterocycles. The smallest absolute Gasteiger partial charge is 0.124 e. The molecular formula is C17H28BrN3. The van der Waals surface area contributed by atoms with Gasteiger partial charge in [0.2, 0.25) is 0 Å². The van der Waals surface area contributed by atoms with Crippen molar-refractivity contribution in [2.75, 3.05) is 18.0 Å². The third-order valence-electron chi connectivity index (χ3n) is 3.54. The van der Waals surface area contributed by atoms with E-state index in [1.165, 1.54) is 0 Å². The normalized spacial score (nSPS) is 11.2. The van der Waals surface area contributed by atoms with Gasteiger partial charge in [-0.25, -0.2) is 0 Å². The summed E-state index contributed by atoms with van der Waals surface area (Å²) in [4.78, 5) is 2.38. The first kappa shape index (κ1) is 18.0. The van der Waals surface area contributed by atoms with Crippen molar-refractivity contribution in [3.8, 4) is 0 Å². The Hall–Kier alpha value is -1.03. The van der Waals surface area contributed by atoms with Crippen molar-refractivity contribution in [1.82, 2.24) is 0 Å². The maximum atomic E-state index is 7.83. The molecule has 0 saturated carbocycles. The van der Waals surface area contributed by atoms with Gasteiger partial charge < -0.3 is 10.6 Å². The lowest BCUT2D eigenvalue weighted by molar-refractivity contribution is 0.535. The largest absolute Gasteiger partial charge is 0.384 e. The molecule has 0 amide bonds. The van der Waals surface area contributed by atoms with E-state index >= 15 is 0 Å². The van der Waals surface area contributed by atoms with Gasteiger partial charge in [0.15, 0.2) is 0 Å². The van der Waals surface area contributed by atoms with E-state index in [1.54, 1.807) is 0 Å². The lowest BCUT2D eigenvalue weighted by Crippen LogP contribution is -2.30. The maximum Gasteiger partial charge on any atom is 0.124 e. The highest BCUT2D eigenvalue weighted by molar-refractivity contribution is 9.10. The van der Waals surface area contributed by atoms with Crippen molar-refractivity contribution < 1.29 is 0 Å². The molecule has 0 bridgehead atoms. The highest BCUT2D eigenvalue weighted by Crippen LogP contribution is 2.26. The molecule has 118 valence electrons. The minimum atomic E-state index is 0.130. The molecule has 0 aliphatic carbocycles. The van der Waals surface area contributed by atoms with Crippen LogP contribution >= 0.6 is 15.9 Å². The molecule has 0 radical (unpaired) electrons. The number of rotatable bonds is 8. The summed E-state index contributed by atoms with van der Waals surface area (Å²) >= 11 is 3.47. The van der Waals surface area contributed by atoms with Gasteiger partial charge in [-0.05, 0) is 42.9 Å². The third-order valence-corrected chi connectivity index (χ3v) is 4.04. The van der Waals surface area contributed by atoms with E-state index in [2.05, 4.69) is 54.6 Å². The van der Waals surface area contributed by atoms with Crippen LogP contribution in [0.15, 0.2) is 22.7 Å². The molecule has 0 saturated heterocycles. The number of halogens is 1. The van der Waals surface area contributed by atoms with Crippen molar-refractivity contribution in [2.45, 2.75) is 40.5 Å². The van der Waals surface area contributed by atoms with Gasteiger partial charge >= 0.3 is 0 Å². The van der Waals surface area contributed by atoms with Crippen LogP contribution in [0.3, 0.4) is 0 Å². The minimum absolute atomic E-state index is 0.130. The Morgan fingerprint density at radius 2 is 1.67 bits per heavy atom. The SMILES string of the molecule is CC(C)CCN(CCC(C)C)c1ccc(Br)cc1C(=N)N. The van der Waals surface area contributed by atoms with E-state index in [0.29, 0.717) is 11.8 Å². The second-order valence-corrected chi connectivity index (χ2v) is 7.34. The Labute approximate surface area is 137 Å². The second-order valence-electron chi connectivity index (χ2n) is 6.43. The maximum absolute atomic E-state index is 7.83. The van der Waals surface area contributed by atoms with Crippen LogP contribution < -0.4 is 10.6 Å². The first-order valence-electron chi connectivity index (χ1n) is 7.70. The summed E-state index contributed by atoms with van der Waals surface area (Å²) in [6, 6.07) is 6.04. The van der Waals surface area contributed by atoms with E-state index < -0.39 is 0 Å². The Balaban J connectivity index is 3.02. The van der Waals surface area contributed by atoms with Crippen molar-refractivity contribution in [2.24, 2.45) is 17.6 Å². The average molecular weight is 354 g/mol. The molecular weight excluding hydrogens is 326 g/mol. The van der Waals surface area contributed by atoms with Crippen LogP contribution in [-0.4, -0.2) is 18.9 Å². The highest BCUT2D eigenvalue weighted by atomic mass is 79.9. The lowest BCUT2D eigenvalue weighted by atomic mass is 10.1. The second kappa shape index (κ2) is 8.42. The number of nitrogens with two attached hydrogens (primary N) is 1. The van der Waals surface area contributed by atoms with Crippen LogP contribution in [-0.2, 0) is 0 Å². The van der Waals surface area contributed by atoms with Crippen LogP contribution in [0.25, 0.3) is 0 Å². The van der Waals surface area contributed by atoms with E-state index in [9.17, 15) is 0 Å². The molecule has 0 atom stereocenters. The van der Waals surface area contributed by atoms with Gasteiger partial charge in [-0.15, -0.1) is 0 Å². The number of nitrogen functional groups attached to an aromatic ring is 1. The predicted octanol–water partition coefficient (Wildman–Crippen LogP) is 4.63. The van der Waals surface area contributed by atoms with Gasteiger partial charge in [0, 0.05) is 28.8 Å². The molecule has 0 heterocycles. The zero-order chi connectivity index (χ0) is 16.0. The van der Waals surface area contributed by atoms with Gasteiger partial charge in [0.05, 0.1) is 0 Å². The van der Waals surface area contributed by atoms with Gasteiger partial charge in [0.1, 0.15) is 5.84 Å². The molecule has 0 aliphatic rings. The van der Waals surface area contributed by atoms with E-state index in [-0.39, 0.29) is 5.84 Å². The lowest BCUT2D eigenvalue weighted by Gasteiger charge is -2.28. The fourth-order valence-electron chi connectivity index (χ4n) is 2.18. The summed E-state index contributed by atoms with van der Waals surface area (Å²) in [6.07, 6.45) is 2.29. The molecule has 0 spiro atoms. The van der Waals surface area contributed by atoms with Crippen molar-refractivity contribution >= 4 is 27.5 Å².